The van der Waals surface area contributed by atoms with E-state index in [0.717, 1.165) is 28.3 Å². The largest absolute Gasteiger partial charge is 0.482 e. The number of nitrogen functional groups attached to an aromatic ring is 1. The number of rotatable bonds is 4. The van der Waals surface area contributed by atoms with Gasteiger partial charge in [-0.2, -0.15) is 0 Å². The SMILES string of the molecule is COc1cccn1-c1ccccc1Nc1nc2ccccc2nc1N. The lowest BCUT2D eigenvalue weighted by atomic mass is 10.2. The van der Waals surface area contributed by atoms with E-state index in [0.29, 0.717) is 11.6 Å². The van der Waals surface area contributed by atoms with Crippen LogP contribution in [0, 0.1) is 0 Å². The van der Waals surface area contributed by atoms with Crippen LogP contribution in [0.25, 0.3) is 16.7 Å². The summed E-state index contributed by atoms with van der Waals surface area (Å²) in [6.45, 7) is 0. The van der Waals surface area contributed by atoms with Gasteiger partial charge in [0.15, 0.2) is 17.5 Å². The molecule has 0 unspecified atom stereocenters. The lowest BCUT2D eigenvalue weighted by molar-refractivity contribution is 0.390. The van der Waals surface area contributed by atoms with E-state index < -0.39 is 0 Å². The molecule has 124 valence electrons. The Morgan fingerprint density at radius 2 is 1.64 bits per heavy atom. The average Bonchev–Trinajstić information content (AvgIpc) is 3.11. The number of ether oxygens (including phenoxy) is 1. The minimum atomic E-state index is 0.355. The minimum Gasteiger partial charge on any atom is -0.482 e. The molecule has 0 amide bonds. The van der Waals surface area contributed by atoms with Gasteiger partial charge >= 0.3 is 0 Å². The smallest absolute Gasteiger partial charge is 0.197 e. The van der Waals surface area contributed by atoms with Crippen molar-refractivity contribution >= 4 is 28.4 Å². The Balaban J connectivity index is 1.78. The highest BCUT2D eigenvalue weighted by atomic mass is 16.5. The van der Waals surface area contributed by atoms with Crippen molar-refractivity contribution in [2.75, 3.05) is 18.2 Å². The predicted molar refractivity (Wildman–Crippen MR) is 99.6 cm³/mol. The fourth-order valence-corrected chi connectivity index (χ4v) is 2.75. The van der Waals surface area contributed by atoms with Crippen molar-refractivity contribution in [1.82, 2.24) is 14.5 Å². The summed E-state index contributed by atoms with van der Waals surface area (Å²) in [6, 6.07) is 19.4. The second-order valence-corrected chi connectivity index (χ2v) is 5.51. The van der Waals surface area contributed by atoms with Crippen LogP contribution < -0.4 is 15.8 Å². The van der Waals surface area contributed by atoms with Crippen molar-refractivity contribution in [2.24, 2.45) is 0 Å². The normalized spacial score (nSPS) is 10.8. The number of fused-ring (bicyclic) bond motifs is 1. The lowest BCUT2D eigenvalue weighted by Gasteiger charge is -2.15. The second-order valence-electron chi connectivity index (χ2n) is 5.51. The quantitative estimate of drug-likeness (QED) is 0.595. The molecule has 0 bridgehead atoms. The molecule has 3 N–H and O–H groups in total. The first-order valence-electron chi connectivity index (χ1n) is 7.86. The van der Waals surface area contributed by atoms with Gasteiger partial charge in [0.2, 0.25) is 0 Å². The van der Waals surface area contributed by atoms with E-state index >= 15 is 0 Å². The monoisotopic (exact) mass is 331 g/mol. The predicted octanol–water partition coefficient (Wildman–Crippen LogP) is 3.75. The van der Waals surface area contributed by atoms with Crippen LogP contribution in [-0.2, 0) is 0 Å². The zero-order valence-corrected chi connectivity index (χ0v) is 13.7. The zero-order valence-electron chi connectivity index (χ0n) is 13.7. The van der Waals surface area contributed by atoms with Gasteiger partial charge in [-0.1, -0.05) is 24.3 Å². The van der Waals surface area contributed by atoms with E-state index in [4.69, 9.17) is 10.5 Å². The topological polar surface area (TPSA) is 78.0 Å². The molecule has 4 rings (SSSR count). The molecule has 2 aromatic heterocycles. The van der Waals surface area contributed by atoms with E-state index in [1.807, 2.05) is 71.4 Å². The molecule has 2 aromatic carbocycles. The van der Waals surface area contributed by atoms with Crippen LogP contribution in [0.3, 0.4) is 0 Å². The van der Waals surface area contributed by atoms with Crippen molar-refractivity contribution in [1.29, 1.82) is 0 Å². The molecular weight excluding hydrogens is 314 g/mol. The Labute approximate surface area is 144 Å². The zero-order chi connectivity index (χ0) is 17.2. The molecule has 25 heavy (non-hydrogen) atoms. The van der Waals surface area contributed by atoms with Gasteiger partial charge in [-0.25, -0.2) is 9.97 Å². The molecule has 4 aromatic rings. The maximum Gasteiger partial charge on any atom is 0.197 e. The first-order valence-corrected chi connectivity index (χ1v) is 7.86. The second kappa shape index (κ2) is 6.16. The third-order valence-corrected chi connectivity index (χ3v) is 3.93. The highest BCUT2D eigenvalue weighted by molar-refractivity contribution is 5.82. The van der Waals surface area contributed by atoms with Gasteiger partial charge in [0, 0.05) is 12.3 Å². The fourth-order valence-electron chi connectivity index (χ4n) is 2.75. The van der Waals surface area contributed by atoms with Crippen LogP contribution in [0.5, 0.6) is 5.88 Å². The van der Waals surface area contributed by atoms with E-state index in [1.54, 1.807) is 7.11 Å². The third kappa shape index (κ3) is 2.74. The van der Waals surface area contributed by atoms with Gasteiger partial charge in [0.05, 0.1) is 29.5 Å². The van der Waals surface area contributed by atoms with Crippen molar-refractivity contribution in [2.45, 2.75) is 0 Å². The van der Waals surface area contributed by atoms with Crippen molar-refractivity contribution < 1.29 is 4.74 Å². The summed E-state index contributed by atoms with van der Waals surface area (Å²) in [5.74, 6) is 1.62. The van der Waals surface area contributed by atoms with Gasteiger partial charge in [0.25, 0.3) is 0 Å². The summed E-state index contributed by atoms with van der Waals surface area (Å²) in [6.07, 6.45) is 1.94. The standard InChI is InChI=1S/C19H17N5O/c1-25-17-11-6-12-24(17)16-10-5-4-9-15(16)23-19-18(20)21-13-7-2-3-8-14(13)22-19/h2-12H,1H3,(H2,20,21)(H,22,23). The van der Waals surface area contributed by atoms with Crippen LogP contribution in [0.1, 0.15) is 0 Å². The molecule has 0 aliphatic rings. The lowest BCUT2D eigenvalue weighted by Crippen LogP contribution is -2.05. The molecule has 0 saturated heterocycles. The molecule has 2 heterocycles. The summed E-state index contributed by atoms with van der Waals surface area (Å²) in [5.41, 5.74) is 9.43. The molecule has 0 atom stereocenters. The number of aromatic nitrogens is 3. The number of benzene rings is 2. The van der Waals surface area contributed by atoms with Crippen molar-refractivity contribution in [3.63, 3.8) is 0 Å². The summed E-state index contributed by atoms with van der Waals surface area (Å²) < 4.78 is 7.36. The van der Waals surface area contributed by atoms with Crippen LogP contribution in [0.4, 0.5) is 17.3 Å². The Bertz CT molecular complexity index is 1040. The average molecular weight is 331 g/mol. The van der Waals surface area contributed by atoms with Crippen molar-refractivity contribution in [3.05, 3.63) is 66.9 Å². The number of hydrogen-bond donors (Lipinski definition) is 2. The highest BCUT2D eigenvalue weighted by Crippen LogP contribution is 2.29. The van der Waals surface area contributed by atoms with Crippen molar-refractivity contribution in [3.8, 4) is 11.6 Å². The van der Waals surface area contributed by atoms with Crippen LogP contribution in [-0.4, -0.2) is 21.6 Å². The first kappa shape index (κ1) is 15.0. The maximum atomic E-state index is 6.09. The van der Waals surface area contributed by atoms with E-state index in [1.165, 1.54) is 0 Å². The number of hydrogen-bond acceptors (Lipinski definition) is 5. The number of methoxy groups -OCH3 is 1. The maximum absolute atomic E-state index is 6.09. The molecule has 0 spiro atoms. The van der Waals surface area contributed by atoms with Crippen LogP contribution in [0.2, 0.25) is 0 Å². The molecular formula is C19H17N5O. The molecule has 0 saturated carbocycles. The number of anilines is 3. The van der Waals surface area contributed by atoms with Gasteiger partial charge in [-0.15, -0.1) is 0 Å². The van der Waals surface area contributed by atoms with E-state index in [9.17, 15) is 0 Å². The molecule has 0 aliphatic carbocycles. The van der Waals surface area contributed by atoms with Crippen LogP contribution in [0.15, 0.2) is 66.9 Å². The number of para-hydroxylation sites is 4. The van der Waals surface area contributed by atoms with E-state index in [-0.39, 0.29) is 0 Å². The Kier molecular flexibility index (Phi) is 3.70. The van der Waals surface area contributed by atoms with Gasteiger partial charge in [0.1, 0.15) is 0 Å². The molecule has 0 aliphatic heterocycles. The number of nitrogens with one attached hydrogen (secondary N) is 1. The Morgan fingerprint density at radius 3 is 2.44 bits per heavy atom. The highest BCUT2D eigenvalue weighted by Gasteiger charge is 2.11. The van der Waals surface area contributed by atoms with Gasteiger partial charge in [-0.05, 0) is 30.3 Å². The van der Waals surface area contributed by atoms with Gasteiger partial charge < -0.3 is 15.8 Å². The third-order valence-electron chi connectivity index (χ3n) is 3.93. The molecule has 6 heteroatoms. The summed E-state index contributed by atoms with van der Waals surface area (Å²) in [7, 11) is 1.65. The Morgan fingerprint density at radius 1 is 0.920 bits per heavy atom. The molecule has 0 radical (unpaired) electrons. The summed E-state index contributed by atoms with van der Waals surface area (Å²) in [5, 5.41) is 3.30. The summed E-state index contributed by atoms with van der Waals surface area (Å²) in [4.78, 5) is 9.02. The fraction of sp³-hybridized carbons (Fsp3) is 0.0526. The number of nitrogens with two attached hydrogens (primary N) is 1. The molecule has 6 nitrogen and oxygen atoms in total. The summed E-state index contributed by atoms with van der Waals surface area (Å²) >= 11 is 0. The first-order chi connectivity index (χ1) is 12.3. The minimum absolute atomic E-state index is 0.355. The van der Waals surface area contributed by atoms with Gasteiger partial charge in [-0.3, -0.25) is 4.57 Å². The Hall–Kier alpha value is -3.54. The molecule has 0 fully saturated rings. The van der Waals surface area contributed by atoms with E-state index in [2.05, 4.69) is 15.3 Å². The number of nitrogens with zero attached hydrogens (tertiary/aromatic N) is 3. The van der Waals surface area contributed by atoms with Crippen LogP contribution >= 0.6 is 0 Å².